The molecule has 0 amide bonds. The molecule has 2 heteroatoms. The first-order valence-corrected chi connectivity index (χ1v) is 8.67. The first-order chi connectivity index (χ1) is 11.4. The summed E-state index contributed by atoms with van der Waals surface area (Å²) in [6.07, 6.45) is 0.968. The lowest BCUT2D eigenvalue weighted by Gasteiger charge is -2.22. The van der Waals surface area contributed by atoms with Gasteiger partial charge in [-0.05, 0) is 40.2 Å². The molecular formula is C22H28O2. The summed E-state index contributed by atoms with van der Waals surface area (Å²) in [5.41, 5.74) is 6.02. The molecular weight excluding hydrogens is 296 g/mol. The van der Waals surface area contributed by atoms with Crippen molar-refractivity contribution >= 4 is 6.29 Å². The third kappa shape index (κ3) is 3.53. The number of methoxy groups -OCH3 is 1. The molecule has 0 saturated heterocycles. The Bertz CT molecular complexity index is 688. The summed E-state index contributed by atoms with van der Waals surface area (Å²) < 4.78 is 5.69. The third-order valence-corrected chi connectivity index (χ3v) is 4.60. The lowest BCUT2D eigenvalue weighted by atomic mass is 9.84. The van der Waals surface area contributed by atoms with Gasteiger partial charge in [0, 0.05) is 11.5 Å². The molecule has 2 rings (SSSR count). The molecule has 128 valence electrons. The Labute approximate surface area is 145 Å². The van der Waals surface area contributed by atoms with Crippen LogP contribution in [0.3, 0.4) is 0 Å². The van der Waals surface area contributed by atoms with Gasteiger partial charge in [0.05, 0.1) is 7.11 Å². The molecule has 1 atom stereocenters. The molecule has 0 aromatic heterocycles. The van der Waals surface area contributed by atoms with E-state index >= 15 is 0 Å². The number of hydrogen-bond donors (Lipinski definition) is 0. The first kappa shape index (κ1) is 18.3. The summed E-state index contributed by atoms with van der Waals surface area (Å²) in [6, 6.07) is 12.7. The first-order valence-electron chi connectivity index (χ1n) is 8.67. The summed E-state index contributed by atoms with van der Waals surface area (Å²) in [6.45, 7) is 10.8. The molecule has 24 heavy (non-hydrogen) atoms. The van der Waals surface area contributed by atoms with Crippen molar-refractivity contribution in [2.75, 3.05) is 7.11 Å². The molecule has 0 spiro atoms. The monoisotopic (exact) mass is 324 g/mol. The number of carbonyl (C=O) groups is 1. The van der Waals surface area contributed by atoms with Crippen molar-refractivity contribution in [1.29, 1.82) is 0 Å². The topological polar surface area (TPSA) is 26.3 Å². The Kier molecular flexibility index (Phi) is 5.82. The summed E-state index contributed by atoms with van der Waals surface area (Å²) in [5.74, 6) is 1.56. The van der Waals surface area contributed by atoms with Gasteiger partial charge in [-0.2, -0.15) is 0 Å². The van der Waals surface area contributed by atoms with E-state index in [0.717, 1.165) is 23.2 Å². The van der Waals surface area contributed by atoms with Crippen LogP contribution in [0.5, 0.6) is 5.75 Å². The molecule has 0 radical (unpaired) electrons. The van der Waals surface area contributed by atoms with Gasteiger partial charge in [-0.3, -0.25) is 0 Å². The maximum Gasteiger partial charge on any atom is 0.127 e. The van der Waals surface area contributed by atoms with Gasteiger partial charge in [-0.1, -0.05) is 65.0 Å². The zero-order valence-electron chi connectivity index (χ0n) is 15.6. The second-order valence-corrected chi connectivity index (χ2v) is 7.01. The fraction of sp³-hybridized carbons (Fsp3) is 0.409. The maximum atomic E-state index is 11.1. The number of rotatable bonds is 6. The zero-order valence-corrected chi connectivity index (χ0v) is 15.6. The fourth-order valence-corrected chi connectivity index (χ4v) is 3.14. The molecule has 0 aliphatic carbocycles. The van der Waals surface area contributed by atoms with Gasteiger partial charge in [0.1, 0.15) is 12.0 Å². The van der Waals surface area contributed by atoms with Crippen LogP contribution < -0.4 is 4.74 Å². The quantitative estimate of drug-likeness (QED) is 0.617. The summed E-state index contributed by atoms with van der Waals surface area (Å²) >= 11 is 0. The third-order valence-electron chi connectivity index (χ3n) is 4.60. The fourth-order valence-electron chi connectivity index (χ4n) is 3.14. The number of ether oxygens (including phenoxy) is 1. The van der Waals surface area contributed by atoms with Gasteiger partial charge in [-0.25, -0.2) is 0 Å². The van der Waals surface area contributed by atoms with Gasteiger partial charge in [0.15, 0.2) is 0 Å². The highest BCUT2D eigenvalue weighted by Crippen LogP contribution is 2.41. The van der Waals surface area contributed by atoms with Crippen LogP contribution in [0.4, 0.5) is 0 Å². The van der Waals surface area contributed by atoms with Gasteiger partial charge in [0.25, 0.3) is 0 Å². The molecule has 0 saturated carbocycles. The van der Waals surface area contributed by atoms with E-state index in [2.05, 4.69) is 52.0 Å². The van der Waals surface area contributed by atoms with E-state index in [-0.39, 0.29) is 5.92 Å². The van der Waals surface area contributed by atoms with Crippen LogP contribution in [0.15, 0.2) is 36.4 Å². The van der Waals surface area contributed by atoms with E-state index in [1.807, 2.05) is 19.1 Å². The molecule has 2 nitrogen and oxygen atoms in total. The molecule has 0 heterocycles. The highest BCUT2D eigenvalue weighted by atomic mass is 16.5. The second kappa shape index (κ2) is 7.65. The van der Waals surface area contributed by atoms with Crippen molar-refractivity contribution in [3.05, 3.63) is 53.1 Å². The molecule has 0 aliphatic heterocycles. The van der Waals surface area contributed by atoms with Gasteiger partial charge < -0.3 is 9.53 Å². The Morgan fingerprint density at radius 2 is 1.50 bits per heavy atom. The number of benzene rings is 2. The average molecular weight is 324 g/mol. The van der Waals surface area contributed by atoms with Crippen LogP contribution >= 0.6 is 0 Å². The van der Waals surface area contributed by atoms with Crippen LogP contribution in [0.1, 0.15) is 69.1 Å². The summed E-state index contributed by atoms with van der Waals surface area (Å²) in [4.78, 5) is 11.1. The van der Waals surface area contributed by atoms with Gasteiger partial charge in [-0.15, -0.1) is 0 Å². The Balaban J connectivity index is 2.73. The van der Waals surface area contributed by atoms with Gasteiger partial charge >= 0.3 is 0 Å². The molecule has 0 aliphatic rings. The van der Waals surface area contributed by atoms with Crippen LogP contribution in [0.25, 0.3) is 11.1 Å². The highest BCUT2D eigenvalue weighted by Gasteiger charge is 2.19. The number of aldehydes is 1. The van der Waals surface area contributed by atoms with E-state index in [4.69, 9.17) is 4.74 Å². The maximum absolute atomic E-state index is 11.1. The van der Waals surface area contributed by atoms with Crippen molar-refractivity contribution in [2.24, 2.45) is 0 Å². The van der Waals surface area contributed by atoms with Crippen LogP contribution in [0.2, 0.25) is 0 Å². The normalized spacial score (nSPS) is 12.5. The number of hydrogen-bond acceptors (Lipinski definition) is 2. The second-order valence-electron chi connectivity index (χ2n) is 7.01. The largest absolute Gasteiger partial charge is 0.496 e. The lowest BCUT2D eigenvalue weighted by molar-refractivity contribution is -0.108. The molecule has 2 aromatic rings. The summed E-state index contributed by atoms with van der Waals surface area (Å²) in [5, 5.41) is 0. The molecule has 0 fully saturated rings. The predicted molar refractivity (Wildman–Crippen MR) is 101 cm³/mol. The minimum Gasteiger partial charge on any atom is -0.496 e. The minimum atomic E-state index is -0.127. The standard InChI is InChI=1S/C22H28O2/c1-14(2)18-8-7-9-19(15(3)4)22(18)20-11-10-17(16(5)13-23)12-21(20)24-6/h7-16H,1-6H3. The van der Waals surface area contributed by atoms with Crippen molar-refractivity contribution in [3.8, 4) is 16.9 Å². The highest BCUT2D eigenvalue weighted by molar-refractivity contribution is 5.78. The van der Waals surface area contributed by atoms with E-state index in [9.17, 15) is 4.79 Å². The number of carbonyl (C=O) groups excluding carboxylic acids is 1. The molecule has 1 unspecified atom stereocenters. The van der Waals surface area contributed by atoms with Crippen molar-refractivity contribution in [3.63, 3.8) is 0 Å². The molecule has 2 aromatic carbocycles. The SMILES string of the molecule is COc1cc(C(C)C=O)ccc1-c1c(C(C)C)cccc1C(C)C. The van der Waals surface area contributed by atoms with Crippen molar-refractivity contribution < 1.29 is 9.53 Å². The average Bonchev–Trinajstić information content (AvgIpc) is 2.59. The van der Waals surface area contributed by atoms with Crippen LogP contribution in [-0.4, -0.2) is 13.4 Å². The van der Waals surface area contributed by atoms with E-state index in [0.29, 0.717) is 11.8 Å². The predicted octanol–water partition coefficient (Wildman–Crippen LogP) is 5.91. The molecule has 0 bridgehead atoms. The van der Waals surface area contributed by atoms with E-state index in [1.54, 1.807) is 7.11 Å². The van der Waals surface area contributed by atoms with E-state index < -0.39 is 0 Å². The lowest BCUT2D eigenvalue weighted by Crippen LogP contribution is -2.02. The minimum absolute atomic E-state index is 0.127. The Morgan fingerprint density at radius 1 is 0.917 bits per heavy atom. The summed E-state index contributed by atoms with van der Waals surface area (Å²) in [7, 11) is 1.70. The molecule has 0 N–H and O–H groups in total. The van der Waals surface area contributed by atoms with Crippen LogP contribution in [0, 0.1) is 0 Å². The van der Waals surface area contributed by atoms with Crippen molar-refractivity contribution in [1.82, 2.24) is 0 Å². The van der Waals surface area contributed by atoms with Gasteiger partial charge in [0.2, 0.25) is 0 Å². The smallest absolute Gasteiger partial charge is 0.127 e. The van der Waals surface area contributed by atoms with Crippen LogP contribution in [-0.2, 0) is 4.79 Å². The Morgan fingerprint density at radius 3 is 1.96 bits per heavy atom. The zero-order chi connectivity index (χ0) is 17.9. The van der Waals surface area contributed by atoms with E-state index in [1.165, 1.54) is 16.7 Å². The van der Waals surface area contributed by atoms with Crippen molar-refractivity contribution in [2.45, 2.75) is 52.4 Å². The Hall–Kier alpha value is -2.09.